The number of aliphatic hydroxyl groups is 1. The van der Waals surface area contributed by atoms with Gasteiger partial charge in [0, 0.05) is 0 Å². The fourth-order valence-electron chi connectivity index (χ4n) is 2.38. The fraction of sp³-hybridized carbons (Fsp3) is 0.300. The summed E-state index contributed by atoms with van der Waals surface area (Å²) in [6, 6.07) is 0. The van der Waals surface area contributed by atoms with Gasteiger partial charge in [0.25, 0.3) is 0 Å². The Morgan fingerprint density at radius 1 is 0.594 bits per heavy atom. The number of rotatable bonds is 13. The van der Waals surface area contributed by atoms with Gasteiger partial charge in [0.05, 0.1) is 6.61 Å². The summed E-state index contributed by atoms with van der Waals surface area (Å²) in [7, 11) is 0. The molecule has 0 rings (SSSR count). The molecule has 0 aromatic carbocycles. The Morgan fingerprint density at radius 3 is 1.50 bits per heavy atom. The van der Waals surface area contributed by atoms with E-state index in [4.69, 9.17) is 5.11 Å². The van der Waals surface area contributed by atoms with Crippen LogP contribution >= 0.6 is 0 Å². The van der Waals surface area contributed by atoms with Crippen LogP contribution in [0, 0.1) is 0 Å². The van der Waals surface area contributed by atoms with E-state index in [9.17, 15) is 4.79 Å². The van der Waals surface area contributed by atoms with Crippen LogP contribution in [0.3, 0.4) is 0 Å². The minimum Gasteiger partial charge on any atom is -0.392 e. The van der Waals surface area contributed by atoms with E-state index >= 15 is 0 Å². The summed E-state index contributed by atoms with van der Waals surface area (Å²) >= 11 is 0. The van der Waals surface area contributed by atoms with Crippen molar-refractivity contribution in [2.24, 2.45) is 0 Å². The molecule has 0 aromatic rings. The zero-order valence-electron chi connectivity index (χ0n) is 20.6. The first-order valence-electron chi connectivity index (χ1n) is 11.1. The molecule has 172 valence electrons. The standard InChI is InChI=1S/C30H40O2/c1-25(15-9-17-27(3)19-11-21-29(5)23-31)13-7-8-14-26(2)16-10-18-28(4)20-12-22-30(6)24-32/h7-11,13-19,21-23,32H,12,20,24H2,1-6H3. The molecule has 0 amide bonds. The lowest BCUT2D eigenvalue weighted by Gasteiger charge is -1.98. The van der Waals surface area contributed by atoms with Crippen LogP contribution in [0.15, 0.2) is 119 Å². The monoisotopic (exact) mass is 432 g/mol. The van der Waals surface area contributed by atoms with E-state index in [1.54, 1.807) is 13.0 Å². The van der Waals surface area contributed by atoms with Crippen LogP contribution in [0.2, 0.25) is 0 Å². The Labute approximate surface area is 195 Å². The van der Waals surface area contributed by atoms with Gasteiger partial charge in [-0.1, -0.05) is 113 Å². The largest absolute Gasteiger partial charge is 0.392 e. The third kappa shape index (κ3) is 17.9. The van der Waals surface area contributed by atoms with Gasteiger partial charge in [-0.3, -0.25) is 4.79 Å². The Morgan fingerprint density at radius 2 is 1.03 bits per heavy atom. The summed E-state index contributed by atoms with van der Waals surface area (Å²) in [4.78, 5) is 10.5. The number of hydrogen-bond donors (Lipinski definition) is 1. The molecule has 0 spiro atoms. The molecule has 0 saturated carbocycles. The molecule has 2 heteroatoms. The highest BCUT2D eigenvalue weighted by Gasteiger charge is 1.89. The second kappa shape index (κ2) is 18.8. The molecular weight excluding hydrogens is 392 g/mol. The van der Waals surface area contributed by atoms with Crippen molar-refractivity contribution < 1.29 is 9.90 Å². The summed E-state index contributed by atoms with van der Waals surface area (Å²) in [6.45, 7) is 12.2. The van der Waals surface area contributed by atoms with Gasteiger partial charge in [-0.25, -0.2) is 0 Å². The normalized spacial score (nSPS) is 15.8. The van der Waals surface area contributed by atoms with Crippen LogP contribution in [0.1, 0.15) is 54.4 Å². The summed E-state index contributed by atoms with van der Waals surface area (Å²) in [5.41, 5.74) is 6.52. The summed E-state index contributed by atoms with van der Waals surface area (Å²) in [6.07, 6.45) is 31.3. The highest BCUT2D eigenvalue weighted by atomic mass is 16.3. The fourth-order valence-corrected chi connectivity index (χ4v) is 2.38. The van der Waals surface area contributed by atoms with Crippen molar-refractivity contribution in [2.75, 3.05) is 6.61 Å². The van der Waals surface area contributed by atoms with E-state index in [0.717, 1.165) is 35.8 Å². The lowest BCUT2D eigenvalue weighted by Crippen LogP contribution is -1.84. The van der Waals surface area contributed by atoms with Crippen molar-refractivity contribution in [3.63, 3.8) is 0 Å². The molecule has 0 unspecified atom stereocenters. The molecule has 0 heterocycles. The number of hydrogen-bond acceptors (Lipinski definition) is 2. The Hall–Kier alpha value is -2.97. The van der Waals surface area contributed by atoms with Gasteiger partial charge in [0.15, 0.2) is 0 Å². The molecule has 0 aliphatic heterocycles. The SMILES string of the molecule is CC(C=O)=CC=CC(C)=CC=CC(C)=CC=CC=C(C)C=CC=C(C)CCC=C(C)CO. The maximum Gasteiger partial charge on any atom is 0.145 e. The lowest BCUT2D eigenvalue weighted by molar-refractivity contribution is -0.104. The van der Waals surface area contributed by atoms with E-state index < -0.39 is 0 Å². The molecule has 32 heavy (non-hydrogen) atoms. The molecule has 0 bridgehead atoms. The summed E-state index contributed by atoms with van der Waals surface area (Å²) in [5, 5.41) is 9.00. The highest BCUT2D eigenvalue weighted by molar-refractivity contribution is 5.72. The number of aliphatic hydroxyl groups excluding tert-OH is 1. The maximum atomic E-state index is 10.5. The average Bonchev–Trinajstić information content (AvgIpc) is 2.76. The van der Waals surface area contributed by atoms with Crippen molar-refractivity contribution >= 4 is 6.29 Å². The number of carbonyl (C=O) groups is 1. The second-order valence-corrected chi connectivity index (χ2v) is 7.98. The van der Waals surface area contributed by atoms with Crippen molar-refractivity contribution in [2.45, 2.75) is 54.4 Å². The minimum absolute atomic E-state index is 0.140. The first kappa shape index (κ1) is 29.0. The smallest absolute Gasteiger partial charge is 0.145 e. The predicted octanol–water partition coefficient (Wildman–Crippen LogP) is 7.86. The molecule has 0 aliphatic rings. The van der Waals surface area contributed by atoms with Crippen molar-refractivity contribution in [3.8, 4) is 0 Å². The molecule has 0 saturated heterocycles. The molecule has 0 aromatic heterocycles. The quantitative estimate of drug-likeness (QED) is 0.139. The number of carbonyl (C=O) groups excluding carboxylic acids is 1. The predicted molar refractivity (Wildman–Crippen MR) is 141 cm³/mol. The third-order valence-electron chi connectivity index (χ3n) is 4.47. The number of allylic oxidation sites excluding steroid dienone is 19. The molecule has 1 N–H and O–H groups in total. The summed E-state index contributed by atoms with van der Waals surface area (Å²) in [5.74, 6) is 0. The average molecular weight is 433 g/mol. The molecule has 0 radical (unpaired) electrons. The van der Waals surface area contributed by atoms with Crippen LogP contribution in [-0.4, -0.2) is 18.0 Å². The Kier molecular flexibility index (Phi) is 17.0. The lowest BCUT2D eigenvalue weighted by atomic mass is 10.1. The van der Waals surface area contributed by atoms with Crippen LogP contribution in [0.5, 0.6) is 0 Å². The van der Waals surface area contributed by atoms with E-state index in [1.165, 1.54) is 11.1 Å². The van der Waals surface area contributed by atoms with Gasteiger partial charge in [-0.2, -0.15) is 0 Å². The van der Waals surface area contributed by atoms with E-state index in [1.807, 2.05) is 50.3 Å². The minimum atomic E-state index is 0.140. The van der Waals surface area contributed by atoms with E-state index in [0.29, 0.717) is 5.57 Å². The van der Waals surface area contributed by atoms with Gasteiger partial charge in [-0.15, -0.1) is 0 Å². The van der Waals surface area contributed by atoms with E-state index in [-0.39, 0.29) is 6.61 Å². The van der Waals surface area contributed by atoms with Crippen LogP contribution in [0.4, 0.5) is 0 Å². The van der Waals surface area contributed by atoms with Crippen LogP contribution in [0.25, 0.3) is 0 Å². The van der Waals surface area contributed by atoms with Gasteiger partial charge < -0.3 is 5.11 Å². The summed E-state index contributed by atoms with van der Waals surface area (Å²) < 4.78 is 0. The Balaban J connectivity index is 4.62. The molecule has 2 nitrogen and oxygen atoms in total. The zero-order chi connectivity index (χ0) is 24.2. The van der Waals surface area contributed by atoms with Crippen molar-refractivity contribution in [1.29, 1.82) is 0 Å². The molecule has 0 aliphatic carbocycles. The third-order valence-corrected chi connectivity index (χ3v) is 4.47. The van der Waals surface area contributed by atoms with Crippen molar-refractivity contribution in [3.05, 3.63) is 119 Å². The number of aldehydes is 1. The molecule has 0 fully saturated rings. The second-order valence-electron chi connectivity index (χ2n) is 7.98. The van der Waals surface area contributed by atoms with Gasteiger partial charge in [0.2, 0.25) is 0 Å². The Bertz CT molecular complexity index is 876. The van der Waals surface area contributed by atoms with Crippen LogP contribution in [-0.2, 0) is 4.79 Å². The highest BCUT2D eigenvalue weighted by Crippen LogP contribution is 2.07. The first-order valence-corrected chi connectivity index (χ1v) is 11.1. The molecule has 0 atom stereocenters. The van der Waals surface area contributed by atoms with Crippen LogP contribution < -0.4 is 0 Å². The molecular formula is C30H40O2. The van der Waals surface area contributed by atoms with Gasteiger partial charge in [-0.05, 0) is 60.0 Å². The first-order chi connectivity index (χ1) is 15.3. The van der Waals surface area contributed by atoms with Gasteiger partial charge in [0.1, 0.15) is 6.29 Å². The maximum absolute atomic E-state index is 10.5. The van der Waals surface area contributed by atoms with Gasteiger partial charge >= 0.3 is 0 Å². The van der Waals surface area contributed by atoms with E-state index in [2.05, 4.69) is 63.3 Å². The topological polar surface area (TPSA) is 37.3 Å². The zero-order valence-corrected chi connectivity index (χ0v) is 20.6. The van der Waals surface area contributed by atoms with Crippen molar-refractivity contribution in [1.82, 2.24) is 0 Å².